The molecule has 0 unspecified atom stereocenters. The lowest BCUT2D eigenvalue weighted by molar-refractivity contribution is -0.384. The molecule has 2 rings (SSSR count). The summed E-state index contributed by atoms with van der Waals surface area (Å²) in [6, 6.07) is 6.61. The van der Waals surface area contributed by atoms with Gasteiger partial charge < -0.3 is 5.32 Å². The Morgan fingerprint density at radius 3 is 2.87 bits per heavy atom. The average Bonchev–Trinajstić information content (AvgIpc) is 2.53. The zero-order valence-corrected chi connectivity index (χ0v) is 12.7. The predicted molar refractivity (Wildman–Crippen MR) is 83.6 cm³/mol. The monoisotopic (exact) mass is 336 g/mol. The van der Waals surface area contributed by atoms with Crippen molar-refractivity contribution in [2.75, 3.05) is 6.54 Å². The first kappa shape index (κ1) is 16.6. The summed E-state index contributed by atoms with van der Waals surface area (Å²) in [5.74, 6) is -0.507. The second kappa shape index (κ2) is 7.50. The lowest BCUT2D eigenvalue weighted by atomic mass is 10.2. The van der Waals surface area contributed by atoms with Crippen molar-refractivity contribution in [1.29, 1.82) is 0 Å². The summed E-state index contributed by atoms with van der Waals surface area (Å²) in [7, 11) is 0. The number of amides is 1. The lowest BCUT2D eigenvalue weighted by Gasteiger charge is -2.07. The predicted octanol–water partition coefficient (Wildman–Crippen LogP) is 1.62. The number of carbonyl (C=O) groups excluding carboxylic acids is 1. The fraction of sp³-hybridized carbons (Fsp3) is 0.214. The van der Waals surface area contributed by atoms with Crippen LogP contribution in [-0.2, 0) is 6.54 Å². The van der Waals surface area contributed by atoms with E-state index in [-0.39, 0.29) is 28.4 Å². The maximum absolute atomic E-state index is 12.0. The summed E-state index contributed by atoms with van der Waals surface area (Å²) in [4.78, 5) is 33.6. The zero-order chi connectivity index (χ0) is 16.8. The van der Waals surface area contributed by atoms with Gasteiger partial charge in [-0.3, -0.25) is 19.7 Å². The third-order valence-corrected chi connectivity index (χ3v) is 3.35. The number of nitro benzene ring substituents is 1. The SMILES string of the molecule is O=C(NCCCn1ncccc1=O)c1cc([N+](=O)[O-])ccc1Cl. The number of aromatic nitrogens is 2. The first-order valence-corrected chi connectivity index (χ1v) is 7.11. The highest BCUT2D eigenvalue weighted by Crippen LogP contribution is 2.21. The fourth-order valence-electron chi connectivity index (χ4n) is 1.88. The summed E-state index contributed by atoms with van der Waals surface area (Å²) in [5.41, 5.74) is -0.393. The number of nitrogens with one attached hydrogen (secondary N) is 1. The van der Waals surface area contributed by atoms with Crippen LogP contribution in [0.25, 0.3) is 0 Å². The van der Waals surface area contributed by atoms with Crippen LogP contribution in [0.5, 0.6) is 0 Å². The molecule has 1 amide bonds. The van der Waals surface area contributed by atoms with Gasteiger partial charge in [0.05, 0.1) is 15.5 Å². The van der Waals surface area contributed by atoms with Crippen molar-refractivity contribution in [3.63, 3.8) is 0 Å². The molecule has 0 atom stereocenters. The number of rotatable bonds is 6. The van der Waals surface area contributed by atoms with E-state index < -0.39 is 10.8 Å². The molecule has 0 fully saturated rings. The average molecular weight is 337 g/mol. The van der Waals surface area contributed by atoms with Gasteiger partial charge in [-0.15, -0.1) is 0 Å². The van der Waals surface area contributed by atoms with Crippen LogP contribution in [0, 0.1) is 10.1 Å². The van der Waals surface area contributed by atoms with Gasteiger partial charge >= 0.3 is 0 Å². The number of aryl methyl sites for hydroxylation is 1. The Bertz CT molecular complexity index is 790. The summed E-state index contributed by atoms with van der Waals surface area (Å²) in [6.07, 6.45) is 1.98. The van der Waals surface area contributed by atoms with Gasteiger partial charge in [0, 0.05) is 37.5 Å². The number of hydrogen-bond donors (Lipinski definition) is 1. The molecule has 2 aromatic rings. The van der Waals surface area contributed by atoms with Crippen LogP contribution in [-0.4, -0.2) is 27.2 Å². The summed E-state index contributed by atoms with van der Waals surface area (Å²) in [6.45, 7) is 0.628. The summed E-state index contributed by atoms with van der Waals surface area (Å²) in [5, 5.41) is 17.4. The van der Waals surface area contributed by atoms with Gasteiger partial charge in [0.15, 0.2) is 0 Å². The van der Waals surface area contributed by atoms with Gasteiger partial charge in [-0.1, -0.05) is 11.6 Å². The zero-order valence-electron chi connectivity index (χ0n) is 11.9. The van der Waals surface area contributed by atoms with Crippen LogP contribution in [0.3, 0.4) is 0 Å². The molecule has 9 heteroatoms. The molecule has 0 bridgehead atoms. The molecule has 0 saturated heterocycles. The quantitative estimate of drug-likeness (QED) is 0.490. The van der Waals surface area contributed by atoms with E-state index in [0.717, 1.165) is 6.07 Å². The molecular weight excluding hydrogens is 324 g/mol. The second-order valence-corrected chi connectivity index (χ2v) is 5.02. The van der Waals surface area contributed by atoms with Crippen molar-refractivity contribution in [1.82, 2.24) is 15.1 Å². The first-order chi connectivity index (χ1) is 11.0. The van der Waals surface area contributed by atoms with Gasteiger partial charge in [0.1, 0.15) is 0 Å². The van der Waals surface area contributed by atoms with E-state index >= 15 is 0 Å². The number of nitro groups is 1. The van der Waals surface area contributed by atoms with E-state index in [0.29, 0.717) is 13.0 Å². The number of hydrogen-bond acceptors (Lipinski definition) is 5. The van der Waals surface area contributed by atoms with E-state index in [4.69, 9.17) is 11.6 Å². The molecule has 0 radical (unpaired) electrons. The van der Waals surface area contributed by atoms with Crippen molar-refractivity contribution in [3.8, 4) is 0 Å². The third kappa shape index (κ3) is 4.36. The smallest absolute Gasteiger partial charge is 0.270 e. The van der Waals surface area contributed by atoms with E-state index in [9.17, 15) is 19.7 Å². The van der Waals surface area contributed by atoms with Crippen LogP contribution >= 0.6 is 11.6 Å². The van der Waals surface area contributed by atoms with Gasteiger partial charge in [0.2, 0.25) is 0 Å². The number of benzene rings is 1. The van der Waals surface area contributed by atoms with Crippen LogP contribution in [0.15, 0.2) is 41.3 Å². The Labute approximate surface area is 135 Å². The Morgan fingerprint density at radius 2 is 2.17 bits per heavy atom. The van der Waals surface area contributed by atoms with Crippen molar-refractivity contribution in [2.24, 2.45) is 0 Å². The van der Waals surface area contributed by atoms with Crippen molar-refractivity contribution < 1.29 is 9.72 Å². The van der Waals surface area contributed by atoms with Crippen LogP contribution in [0.2, 0.25) is 5.02 Å². The molecule has 1 N–H and O–H groups in total. The van der Waals surface area contributed by atoms with E-state index in [1.165, 1.54) is 29.1 Å². The lowest BCUT2D eigenvalue weighted by Crippen LogP contribution is -2.28. The number of non-ortho nitro benzene ring substituents is 1. The Balaban J connectivity index is 1.93. The molecule has 0 aliphatic carbocycles. The van der Waals surface area contributed by atoms with Crippen molar-refractivity contribution >= 4 is 23.2 Å². The number of halogens is 1. The molecule has 0 aliphatic rings. The van der Waals surface area contributed by atoms with E-state index in [1.54, 1.807) is 6.07 Å². The third-order valence-electron chi connectivity index (χ3n) is 3.02. The maximum atomic E-state index is 12.0. The van der Waals surface area contributed by atoms with E-state index in [2.05, 4.69) is 10.4 Å². The maximum Gasteiger partial charge on any atom is 0.270 e. The molecule has 1 aromatic heterocycles. The standard InChI is InChI=1S/C14H13ClN4O4/c15-12-5-4-10(19(22)23)9-11(12)14(21)16-6-2-8-18-13(20)3-1-7-17-18/h1,3-5,7,9H,2,6,8H2,(H,16,21). The Kier molecular flexibility index (Phi) is 5.42. The second-order valence-electron chi connectivity index (χ2n) is 4.62. The molecule has 1 heterocycles. The van der Waals surface area contributed by atoms with Crippen LogP contribution < -0.4 is 10.9 Å². The van der Waals surface area contributed by atoms with Crippen molar-refractivity contribution in [3.05, 3.63) is 67.6 Å². The normalized spacial score (nSPS) is 10.3. The van der Waals surface area contributed by atoms with Gasteiger partial charge in [-0.25, -0.2) is 4.68 Å². The first-order valence-electron chi connectivity index (χ1n) is 6.73. The Hall–Kier alpha value is -2.74. The minimum atomic E-state index is -0.597. The highest BCUT2D eigenvalue weighted by atomic mass is 35.5. The van der Waals surface area contributed by atoms with Gasteiger partial charge in [-0.2, -0.15) is 5.10 Å². The molecule has 1 aromatic carbocycles. The molecule has 120 valence electrons. The van der Waals surface area contributed by atoms with E-state index in [1.807, 2.05) is 0 Å². The molecule has 8 nitrogen and oxygen atoms in total. The molecule has 0 spiro atoms. The molecular formula is C14H13ClN4O4. The fourth-order valence-corrected chi connectivity index (χ4v) is 2.09. The van der Waals surface area contributed by atoms with Crippen LogP contribution in [0.1, 0.15) is 16.8 Å². The van der Waals surface area contributed by atoms with Gasteiger partial charge in [0.25, 0.3) is 17.2 Å². The molecule has 0 aliphatic heterocycles. The minimum absolute atomic E-state index is 0.0378. The Morgan fingerprint density at radius 1 is 1.39 bits per heavy atom. The number of nitrogens with zero attached hydrogens (tertiary/aromatic N) is 3. The topological polar surface area (TPSA) is 107 Å². The minimum Gasteiger partial charge on any atom is -0.352 e. The molecule has 0 saturated carbocycles. The van der Waals surface area contributed by atoms with Crippen molar-refractivity contribution in [2.45, 2.75) is 13.0 Å². The molecule has 23 heavy (non-hydrogen) atoms. The summed E-state index contributed by atoms with van der Waals surface area (Å²) >= 11 is 5.89. The highest BCUT2D eigenvalue weighted by molar-refractivity contribution is 6.33. The highest BCUT2D eigenvalue weighted by Gasteiger charge is 2.15. The van der Waals surface area contributed by atoms with Gasteiger partial charge in [-0.05, 0) is 18.6 Å². The largest absolute Gasteiger partial charge is 0.352 e. The summed E-state index contributed by atoms with van der Waals surface area (Å²) < 4.78 is 1.28. The number of carbonyl (C=O) groups is 1. The van der Waals surface area contributed by atoms with Crippen LogP contribution in [0.4, 0.5) is 5.69 Å².